The molecule has 176 valence electrons. The van der Waals surface area contributed by atoms with Gasteiger partial charge < -0.3 is 9.72 Å². The van der Waals surface area contributed by atoms with E-state index in [1.165, 1.54) is 18.2 Å². The van der Waals surface area contributed by atoms with Crippen LogP contribution in [0.1, 0.15) is 35.0 Å². The smallest absolute Gasteiger partial charge is 0.253 e. The summed E-state index contributed by atoms with van der Waals surface area (Å²) in [5.41, 5.74) is 2.67. The van der Waals surface area contributed by atoms with E-state index in [1.807, 2.05) is 72.2 Å². The summed E-state index contributed by atoms with van der Waals surface area (Å²) in [7, 11) is -3.83. The van der Waals surface area contributed by atoms with Gasteiger partial charge in [0.25, 0.3) is 5.91 Å². The first-order valence-electron chi connectivity index (χ1n) is 10.9. The van der Waals surface area contributed by atoms with Gasteiger partial charge in [0.2, 0.25) is 10.0 Å². The highest BCUT2D eigenvalue weighted by atomic mass is 35.5. The first kappa shape index (κ1) is 23.9. The third-order valence-electron chi connectivity index (χ3n) is 5.40. The number of imidazole rings is 1. The summed E-state index contributed by atoms with van der Waals surface area (Å²) < 4.78 is 30.4. The molecule has 0 radical (unpaired) electrons. The van der Waals surface area contributed by atoms with Gasteiger partial charge in [-0.1, -0.05) is 48.0 Å². The Balaban J connectivity index is 1.41. The molecule has 2 aromatic carbocycles. The van der Waals surface area contributed by atoms with Crippen molar-refractivity contribution in [3.05, 3.63) is 101 Å². The van der Waals surface area contributed by atoms with Crippen LogP contribution >= 0.6 is 11.6 Å². The van der Waals surface area contributed by atoms with Crippen LogP contribution in [0.4, 0.5) is 0 Å². The van der Waals surface area contributed by atoms with Gasteiger partial charge in [-0.05, 0) is 55.7 Å². The van der Waals surface area contributed by atoms with E-state index >= 15 is 0 Å². The highest BCUT2D eigenvalue weighted by molar-refractivity contribution is 7.89. The Kier molecular flexibility index (Phi) is 7.31. The van der Waals surface area contributed by atoms with Gasteiger partial charge in [0, 0.05) is 18.4 Å². The minimum atomic E-state index is -3.83. The summed E-state index contributed by atoms with van der Waals surface area (Å²) in [4.78, 5) is 17.2. The van der Waals surface area contributed by atoms with E-state index in [9.17, 15) is 13.2 Å². The third kappa shape index (κ3) is 5.83. The quantitative estimate of drug-likeness (QED) is 0.363. The zero-order valence-electron chi connectivity index (χ0n) is 18.6. The Hall–Kier alpha value is -3.20. The van der Waals surface area contributed by atoms with Crippen molar-refractivity contribution >= 4 is 33.2 Å². The fourth-order valence-corrected chi connectivity index (χ4v) is 5.11. The number of carbonyl (C=O) groups is 1. The van der Waals surface area contributed by atoms with Crippen LogP contribution in [0.25, 0.3) is 5.65 Å². The number of nitrogens with zero attached hydrogens (tertiary/aromatic N) is 2. The summed E-state index contributed by atoms with van der Waals surface area (Å²) in [6, 6.07) is 19.4. The van der Waals surface area contributed by atoms with Crippen LogP contribution in [-0.4, -0.2) is 29.8 Å². The van der Waals surface area contributed by atoms with Crippen LogP contribution < -0.4 is 10.0 Å². The SMILES string of the molecule is C[C@H](CCc1ccccc1)NS(=O)(=O)c1ccc(Cl)c(C(=O)NCc2cn3ccccc3n2)c1. The average molecular weight is 497 g/mol. The summed E-state index contributed by atoms with van der Waals surface area (Å²) in [6.07, 6.45) is 5.08. The molecule has 34 heavy (non-hydrogen) atoms. The normalized spacial score (nSPS) is 12.5. The molecule has 2 N–H and O–H groups in total. The van der Waals surface area contributed by atoms with Crippen molar-refractivity contribution in [3.8, 4) is 0 Å². The highest BCUT2D eigenvalue weighted by Crippen LogP contribution is 2.21. The van der Waals surface area contributed by atoms with Gasteiger partial charge in [0.1, 0.15) is 5.65 Å². The molecule has 0 aliphatic rings. The molecule has 4 rings (SSSR count). The summed E-state index contributed by atoms with van der Waals surface area (Å²) in [5.74, 6) is -0.476. The Morgan fingerprint density at radius 1 is 1.09 bits per heavy atom. The first-order chi connectivity index (χ1) is 16.3. The molecular formula is C25H25ClN4O3S. The van der Waals surface area contributed by atoms with Crippen LogP contribution in [0.15, 0.2) is 84.0 Å². The fraction of sp³-hybridized carbons (Fsp3) is 0.200. The van der Waals surface area contributed by atoms with Gasteiger partial charge in [0.05, 0.1) is 27.7 Å². The molecule has 0 fully saturated rings. The number of rotatable bonds is 9. The maximum absolute atomic E-state index is 12.9. The van der Waals surface area contributed by atoms with Crippen molar-refractivity contribution in [1.29, 1.82) is 0 Å². The molecule has 1 atom stereocenters. The molecular weight excluding hydrogens is 472 g/mol. The van der Waals surface area contributed by atoms with E-state index in [1.54, 1.807) is 0 Å². The van der Waals surface area contributed by atoms with Crippen molar-refractivity contribution in [1.82, 2.24) is 19.4 Å². The van der Waals surface area contributed by atoms with Gasteiger partial charge >= 0.3 is 0 Å². The van der Waals surface area contributed by atoms with Crippen LogP contribution in [0, 0.1) is 0 Å². The number of halogens is 1. The lowest BCUT2D eigenvalue weighted by Gasteiger charge is -2.15. The van der Waals surface area contributed by atoms with E-state index in [2.05, 4.69) is 15.0 Å². The number of hydrogen-bond donors (Lipinski definition) is 2. The second-order valence-corrected chi connectivity index (χ2v) is 10.2. The minimum Gasteiger partial charge on any atom is -0.346 e. The molecule has 0 saturated heterocycles. The number of sulfonamides is 1. The molecule has 2 heterocycles. The fourth-order valence-electron chi connectivity index (χ4n) is 3.60. The Bertz CT molecular complexity index is 1370. The number of nitrogens with one attached hydrogen (secondary N) is 2. The minimum absolute atomic E-state index is 0.0126. The number of carbonyl (C=O) groups excluding carboxylic acids is 1. The molecule has 9 heteroatoms. The Morgan fingerprint density at radius 2 is 1.85 bits per heavy atom. The van der Waals surface area contributed by atoms with Crippen LogP contribution in [-0.2, 0) is 23.0 Å². The second-order valence-electron chi connectivity index (χ2n) is 8.07. The zero-order chi connectivity index (χ0) is 24.1. The van der Waals surface area contributed by atoms with Gasteiger partial charge in [-0.2, -0.15) is 0 Å². The summed E-state index contributed by atoms with van der Waals surface area (Å²) in [5, 5.41) is 2.93. The predicted octanol–water partition coefficient (Wildman–Crippen LogP) is 4.22. The van der Waals surface area contributed by atoms with E-state index in [4.69, 9.17) is 11.6 Å². The molecule has 0 unspecified atom stereocenters. The maximum Gasteiger partial charge on any atom is 0.253 e. The van der Waals surface area contributed by atoms with Gasteiger partial charge in [-0.15, -0.1) is 0 Å². The van der Waals surface area contributed by atoms with Crippen molar-refractivity contribution in [2.24, 2.45) is 0 Å². The van der Waals surface area contributed by atoms with Crippen molar-refractivity contribution < 1.29 is 13.2 Å². The molecule has 0 bridgehead atoms. The molecule has 7 nitrogen and oxygen atoms in total. The largest absolute Gasteiger partial charge is 0.346 e. The van der Waals surface area contributed by atoms with Crippen molar-refractivity contribution in [2.75, 3.05) is 0 Å². The maximum atomic E-state index is 12.9. The molecule has 0 saturated carbocycles. The molecule has 4 aromatic rings. The van der Waals surface area contributed by atoms with E-state index in [-0.39, 0.29) is 28.1 Å². The van der Waals surface area contributed by atoms with Crippen LogP contribution in [0.3, 0.4) is 0 Å². The highest BCUT2D eigenvalue weighted by Gasteiger charge is 2.21. The third-order valence-corrected chi connectivity index (χ3v) is 7.32. The zero-order valence-corrected chi connectivity index (χ0v) is 20.2. The average Bonchev–Trinajstić information content (AvgIpc) is 3.25. The number of amides is 1. The predicted molar refractivity (Wildman–Crippen MR) is 132 cm³/mol. The molecule has 0 spiro atoms. The van der Waals surface area contributed by atoms with Gasteiger partial charge in [-0.3, -0.25) is 4.79 Å². The number of hydrogen-bond acceptors (Lipinski definition) is 4. The lowest BCUT2D eigenvalue weighted by atomic mass is 10.1. The van der Waals surface area contributed by atoms with Gasteiger partial charge in [0.15, 0.2) is 0 Å². The van der Waals surface area contributed by atoms with E-state index < -0.39 is 15.9 Å². The monoisotopic (exact) mass is 496 g/mol. The number of aryl methyl sites for hydroxylation is 1. The lowest BCUT2D eigenvalue weighted by Crippen LogP contribution is -2.33. The Morgan fingerprint density at radius 3 is 2.62 bits per heavy atom. The Labute approximate surface area is 203 Å². The number of fused-ring (bicyclic) bond motifs is 1. The number of benzene rings is 2. The van der Waals surface area contributed by atoms with Crippen LogP contribution in [0.5, 0.6) is 0 Å². The molecule has 2 aromatic heterocycles. The lowest BCUT2D eigenvalue weighted by molar-refractivity contribution is 0.0950. The van der Waals surface area contributed by atoms with E-state index in [0.29, 0.717) is 12.1 Å². The van der Waals surface area contributed by atoms with E-state index in [0.717, 1.165) is 17.6 Å². The topological polar surface area (TPSA) is 92.6 Å². The van der Waals surface area contributed by atoms with Gasteiger partial charge in [-0.25, -0.2) is 18.1 Å². The van der Waals surface area contributed by atoms with Crippen molar-refractivity contribution in [2.45, 2.75) is 37.2 Å². The standard InChI is InChI=1S/C25H25ClN4O3S/c1-18(10-11-19-7-3-2-4-8-19)29-34(32,33)21-12-13-23(26)22(15-21)25(31)27-16-20-17-30-14-6-5-9-24(30)28-20/h2-9,12-15,17-18,29H,10-11,16H2,1H3,(H,27,31)/t18-/m1/s1. The number of pyridine rings is 1. The molecule has 0 aliphatic carbocycles. The molecule has 0 aliphatic heterocycles. The van der Waals surface area contributed by atoms with Crippen LogP contribution in [0.2, 0.25) is 5.02 Å². The first-order valence-corrected chi connectivity index (χ1v) is 12.7. The summed E-state index contributed by atoms with van der Waals surface area (Å²) in [6.45, 7) is 2.00. The number of aromatic nitrogens is 2. The summed E-state index contributed by atoms with van der Waals surface area (Å²) >= 11 is 6.21. The second kappa shape index (κ2) is 10.4. The molecule has 1 amide bonds. The van der Waals surface area contributed by atoms with Crippen molar-refractivity contribution in [3.63, 3.8) is 0 Å².